The minimum atomic E-state index is -0.437. The first kappa shape index (κ1) is 12.6. The first-order chi connectivity index (χ1) is 6.45. The summed E-state index contributed by atoms with van der Waals surface area (Å²) in [6.45, 7) is 9.62. The molecule has 0 atom stereocenters. The van der Waals surface area contributed by atoms with Gasteiger partial charge in [0.1, 0.15) is 12.0 Å². The zero-order chi connectivity index (χ0) is 11.0. The Morgan fingerprint density at radius 1 is 1.57 bits per heavy atom. The molecular weight excluding hydrogens is 178 g/mol. The van der Waals surface area contributed by atoms with Crippen LogP contribution >= 0.6 is 0 Å². The highest BCUT2D eigenvalue weighted by Gasteiger charge is 2.14. The number of nitrogens with one attached hydrogen (secondary N) is 1. The molecule has 0 aromatic rings. The number of hydrogen-bond donors (Lipinski definition) is 1. The minimum absolute atomic E-state index is 0.113. The van der Waals surface area contributed by atoms with Crippen LogP contribution in [0.2, 0.25) is 0 Å². The van der Waals surface area contributed by atoms with Crippen molar-refractivity contribution in [2.24, 2.45) is 0 Å². The maximum absolute atomic E-state index is 11.1. The van der Waals surface area contributed by atoms with E-state index in [9.17, 15) is 4.79 Å². The van der Waals surface area contributed by atoms with E-state index < -0.39 is 5.60 Å². The van der Waals surface area contributed by atoms with Crippen LogP contribution in [-0.4, -0.2) is 18.1 Å². The van der Waals surface area contributed by atoms with E-state index in [0.29, 0.717) is 6.54 Å². The van der Waals surface area contributed by atoms with Crippen LogP contribution in [0.3, 0.4) is 0 Å². The molecule has 0 unspecified atom stereocenters. The summed E-state index contributed by atoms with van der Waals surface area (Å²) in [5, 5.41) is 2.77. The molecule has 3 nitrogen and oxygen atoms in total. The lowest BCUT2D eigenvalue weighted by Gasteiger charge is -2.18. The molecule has 0 radical (unpaired) electrons. The summed E-state index contributed by atoms with van der Waals surface area (Å²) in [7, 11) is 0. The number of rotatable bonds is 3. The van der Waals surface area contributed by atoms with Gasteiger partial charge in [0.25, 0.3) is 0 Å². The third-order valence-corrected chi connectivity index (χ3v) is 1.08. The SMILES string of the molecule is C=CCNC#CCC(=O)OC(C)(C)C. The van der Waals surface area contributed by atoms with Crippen molar-refractivity contribution in [1.82, 2.24) is 5.32 Å². The van der Waals surface area contributed by atoms with Gasteiger partial charge in [0.15, 0.2) is 0 Å². The van der Waals surface area contributed by atoms with Gasteiger partial charge in [-0.3, -0.25) is 4.79 Å². The minimum Gasteiger partial charge on any atom is -0.459 e. The van der Waals surface area contributed by atoms with Gasteiger partial charge < -0.3 is 10.1 Å². The summed E-state index contributed by atoms with van der Waals surface area (Å²) >= 11 is 0. The Morgan fingerprint density at radius 2 is 2.21 bits per heavy atom. The molecule has 0 aliphatic carbocycles. The monoisotopic (exact) mass is 195 g/mol. The number of carbonyl (C=O) groups excluding carboxylic acids is 1. The Labute approximate surface area is 85.5 Å². The van der Waals surface area contributed by atoms with Crippen LogP contribution in [-0.2, 0) is 9.53 Å². The Kier molecular flexibility index (Phi) is 5.47. The zero-order valence-electron chi connectivity index (χ0n) is 9.02. The third kappa shape index (κ3) is 8.66. The van der Waals surface area contributed by atoms with E-state index in [1.165, 1.54) is 0 Å². The van der Waals surface area contributed by atoms with Crippen LogP contribution in [0.25, 0.3) is 0 Å². The molecule has 78 valence electrons. The smallest absolute Gasteiger partial charge is 0.318 e. The molecule has 0 aliphatic heterocycles. The summed E-state index contributed by atoms with van der Waals surface area (Å²) < 4.78 is 5.05. The van der Waals surface area contributed by atoms with Crippen molar-refractivity contribution in [3.05, 3.63) is 12.7 Å². The van der Waals surface area contributed by atoms with Gasteiger partial charge in [-0.2, -0.15) is 0 Å². The molecule has 0 rings (SSSR count). The lowest BCUT2D eigenvalue weighted by Crippen LogP contribution is -2.23. The molecule has 0 saturated heterocycles. The Balaban J connectivity index is 3.72. The number of carbonyl (C=O) groups is 1. The number of esters is 1. The van der Waals surface area contributed by atoms with Crippen molar-refractivity contribution in [2.45, 2.75) is 32.8 Å². The second-order valence-corrected chi connectivity index (χ2v) is 3.73. The molecule has 1 N–H and O–H groups in total. The molecule has 0 bridgehead atoms. The molecule has 0 aromatic heterocycles. The number of hydrogen-bond acceptors (Lipinski definition) is 3. The van der Waals surface area contributed by atoms with Gasteiger partial charge in [0.05, 0.1) is 0 Å². The predicted molar refractivity (Wildman–Crippen MR) is 56.4 cm³/mol. The Hall–Kier alpha value is -1.43. The lowest BCUT2D eigenvalue weighted by molar-refractivity contribution is -0.153. The van der Waals surface area contributed by atoms with Gasteiger partial charge in [-0.25, -0.2) is 0 Å². The summed E-state index contributed by atoms with van der Waals surface area (Å²) in [6.07, 6.45) is 1.81. The quantitative estimate of drug-likeness (QED) is 0.243. The van der Waals surface area contributed by atoms with Crippen molar-refractivity contribution in [3.8, 4) is 12.0 Å². The average Bonchev–Trinajstić information content (AvgIpc) is 2.00. The van der Waals surface area contributed by atoms with Crippen LogP contribution < -0.4 is 5.32 Å². The molecule has 0 aliphatic rings. The summed E-state index contributed by atoms with van der Waals surface area (Å²) in [5.41, 5.74) is -0.437. The van der Waals surface area contributed by atoms with Gasteiger partial charge >= 0.3 is 5.97 Å². The first-order valence-electron chi connectivity index (χ1n) is 4.49. The van der Waals surface area contributed by atoms with Crippen LogP contribution in [0.1, 0.15) is 27.2 Å². The van der Waals surface area contributed by atoms with Gasteiger partial charge in [0.2, 0.25) is 0 Å². The van der Waals surface area contributed by atoms with E-state index in [4.69, 9.17) is 4.74 Å². The molecule has 0 spiro atoms. The van der Waals surface area contributed by atoms with E-state index in [2.05, 4.69) is 23.9 Å². The highest BCUT2D eigenvalue weighted by molar-refractivity contribution is 5.72. The van der Waals surface area contributed by atoms with Crippen molar-refractivity contribution in [2.75, 3.05) is 6.54 Å². The second kappa shape index (κ2) is 6.09. The third-order valence-electron chi connectivity index (χ3n) is 1.08. The summed E-state index contributed by atoms with van der Waals surface area (Å²) in [4.78, 5) is 11.1. The molecule has 3 heteroatoms. The maximum atomic E-state index is 11.1. The molecule has 0 heterocycles. The van der Waals surface area contributed by atoms with E-state index in [1.54, 1.807) is 6.08 Å². The Morgan fingerprint density at radius 3 is 2.71 bits per heavy atom. The molecule has 0 aromatic carbocycles. The first-order valence-corrected chi connectivity index (χ1v) is 4.49. The van der Waals surface area contributed by atoms with Gasteiger partial charge in [0, 0.05) is 12.6 Å². The molecule has 14 heavy (non-hydrogen) atoms. The van der Waals surface area contributed by atoms with E-state index in [-0.39, 0.29) is 12.4 Å². The van der Waals surface area contributed by atoms with Crippen LogP contribution in [0, 0.1) is 12.0 Å². The van der Waals surface area contributed by atoms with Crippen molar-refractivity contribution >= 4 is 5.97 Å². The standard InChI is InChI=1S/C11H17NO2/c1-5-8-12-9-6-7-10(13)14-11(2,3)4/h5,12H,1,7-8H2,2-4H3. The fourth-order valence-corrected chi connectivity index (χ4v) is 0.680. The van der Waals surface area contributed by atoms with Crippen LogP contribution in [0.15, 0.2) is 12.7 Å². The average molecular weight is 195 g/mol. The normalized spacial score (nSPS) is 9.64. The second-order valence-electron chi connectivity index (χ2n) is 3.73. The van der Waals surface area contributed by atoms with E-state index in [1.807, 2.05) is 20.8 Å². The lowest BCUT2D eigenvalue weighted by atomic mass is 10.2. The van der Waals surface area contributed by atoms with E-state index in [0.717, 1.165) is 0 Å². The van der Waals surface area contributed by atoms with Crippen LogP contribution in [0.5, 0.6) is 0 Å². The number of ether oxygens (including phenoxy) is 1. The van der Waals surface area contributed by atoms with Crippen LogP contribution in [0.4, 0.5) is 0 Å². The Bertz CT molecular complexity index is 253. The van der Waals surface area contributed by atoms with Crippen molar-refractivity contribution in [3.63, 3.8) is 0 Å². The topological polar surface area (TPSA) is 38.3 Å². The van der Waals surface area contributed by atoms with Gasteiger partial charge in [-0.1, -0.05) is 12.0 Å². The van der Waals surface area contributed by atoms with E-state index >= 15 is 0 Å². The molecule has 0 amide bonds. The highest BCUT2D eigenvalue weighted by Crippen LogP contribution is 2.07. The summed E-state index contributed by atoms with van der Waals surface area (Å²) in [5.74, 6) is 2.36. The van der Waals surface area contributed by atoms with Gasteiger partial charge in [-0.15, -0.1) is 6.58 Å². The zero-order valence-corrected chi connectivity index (χ0v) is 9.02. The maximum Gasteiger partial charge on any atom is 0.318 e. The predicted octanol–water partition coefficient (Wildman–Crippen LogP) is 1.45. The largest absolute Gasteiger partial charge is 0.459 e. The molecule has 0 fully saturated rings. The van der Waals surface area contributed by atoms with Crippen molar-refractivity contribution in [1.29, 1.82) is 0 Å². The highest BCUT2D eigenvalue weighted by atomic mass is 16.6. The fraction of sp³-hybridized carbons (Fsp3) is 0.545. The molecule has 0 saturated carbocycles. The molecular formula is C11H17NO2. The van der Waals surface area contributed by atoms with Gasteiger partial charge in [-0.05, 0) is 20.8 Å². The fourth-order valence-electron chi connectivity index (χ4n) is 0.680. The summed E-state index contributed by atoms with van der Waals surface area (Å²) in [6, 6.07) is 2.63. The van der Waals surface area contributed by atoms with Crippen molar-refractivity contribution < 1.29 is 9.53 Å².